The third-order valence-electron chi connectivity index (χ3n) is 3.39. The summed E-state index contributed by atoms with van der Waals surface area (Å²) < 4.78 is 10.3. The standard InChI is InChI=1S/C17H20N2O3/c1-21-14-7-3-12(4-8-14)17(19-16(20)11-18)13-5-9-15(22-2)10-6-13/h3-10,17H,11,18H2,1-2H3,(H,19,20). The summed E-state index contributed by atoms with van der Waals surface area (Å²) in [4.78, 5) is 11.7. The second-order valence-electron chi connectivity index (χ2n) is 4.75. The van der Waals surface area contributed by atoms with Gasteiger partial charge >= 0.3 is 0 Å². The lowest BCUT2D eigenvalue weighted by Crippen LogP contribution is -2.34. The minimum atomic E-state index is -0.270. The van der Waals surface area contributed by atoms with Gasteiger partial charge in [0.15, 0.2) is 0 Å². The fraction of sp³-hybridized carbons (Fsp3) is 0.235. The molecule has 0 saturated carbocycles. The Balaban J connectivity index is 2.33. The summed E-state index contributed by atoms with van der Waals surface area (Å²) in [6.45, 7) is -0.0528. The average molecular weight is 300 g/mol. The van der Waals surface area contributed by atoms with Crippen molar-refractivity contribution in [3.8, 4) is 11.5 Å². The fourth-order valence-electron chi connectivity index (χ4n) is 2.17. The maximum absolute atomic E-state index is 11.7. The monoisotopic (exact) mass is 300 g/mol. The van der Waals surface area contributed by atoms with Gasteiger partial charge in [-0.05, 0) is 35.4 Å². The summed E-state index contributed by atoms with van der Waals surface area (Å²) in [6.07, 6.45) is 0. The normalized spacial score (nSPS) is 10.4. The molecule has 2 aromatic carbocycles. The summed E-state index contributed by atoms with van der Waals surface area (Å²) in [6, 6.07) is 14.9. The van der Waals surface area contributed by atoms with Gasteiger partial charge in [-0.25, -0.2) is 0 Å². The number of rotatable bonds is 6. The van der Waals surface area contributed by atoms with Crippen molar-refractivity contribution in [2.75, 3.05) is 20.8 Å². The Morgan fingerprint density at radius 3 is 1.68 bits per heavy atom. The van der Waals surface area contributed by atoms with Crippen LogP contribution in [-0.4, -0.2) is 26.7 Å². The van der Waals surface area contributed by atoms with Crippen LogP contribution in [0.15, 0.2) is 48.5 Å². The molecule has 0 heterocycles. The number of hydrogen-bond donors (Lipinski definition) is 2. The zero-order valence-corrected chi connectivity index (χ0v) is 12.7. The highest BCUT2D eigenvalue weighted by Gasteiger charge is 2.16. The quantitative estimate of drug-likeness (QED) is 0.854. The maximum Gasteiger partial charge on any atom is 0.234 e. The van der Waals surface area contributed by atoms with Crippen molar-refractivity contribution < 1.29 is 14.3 Å². The van der Waals surface area contributed by atoms with Gasteiger partial charge in [-0.15, -0.1) is 0 Å². The highest BCUT2D eigenvalue weighted by molar-refractivity contribution is 5.78. The van der Waals surface area contributed by atoms with Crippen LogP contribution in [0.2, 0.25) is 0 Å². The van der Waals surface area contributed by atoms with Crippen LogP contribution in [0, 0.1) is 0 Å². The largest absolute Gasteiger partial charge is 0.497 e. The zero-order valence-electron chi connectivity index (χ0n) is 12.7. The molecule has 0 aliphatic rings. The van der Waals surface area contributed by atoms with E-state index in [9.17, 15) is 4.79 Å². The van der Waals surface area contributed by atoms with Gasteiger partial charge in [0.25, 0.3) is 0 Å². The molecular weight excluding hydrogens is 280 g/mol. The van der Waals surface area contributed by atoms with E-state index >= 15 is 0 Å². The number of benzene rings is 2. The van der Waals surface area contributed by atoms with Crippen LogP contribution in [0.1, 0.15) is 17.2 Å². The van der Waals surface area contributed by atoms with Gasteiger partial charge in [-0.2, -0.15) is 0 Å². The van der Waals surface area contributed by atoms with E-state index in [2.05, 4.69) is 5.32 Å². The van der Waals surface area contributed by atoms with Crippen molar-refractivity contribution in [2.24, 2.45) is 5.73 Å². The van der Waals surface area contributed by atoms with E-state index in [-0.39, 0.29) is 18.5 Å². The van der Waals surface area contributed by atoms with Crippen LogP contribution >= 0.6 is 0 Å². The van der Waals surface area contributed by atoms with E-state index in [1.54, 1.807) is 14.2 Å². The summed E-state index contributed by atoms with van der Waals surface area (Å²) in [7, 11) is 3.23. The van der Waals surface area contributed by atoms with E-state index < -0.39 is 0 Å². The molecular formula is C17H20N2O3. The van der Waals surface area contributed by atoms with Gasteiger partial charge in [-0.3, -0.25) is 4.79 Å². The van der Waals surface area contributed by atoms with Gasteiger partial charge in [-0.1, -0.05) is 24.3 Å². The second kappa shape index (κ2) is 7.47. The Labute approximate surface area is 130 Å². The topological polar surface area (TPSA) is 73.6 Å². The molecule has 5 heteroatoms. The average Bonchev–Trinajstić information content (AvgIpc) is 2.59. The molecule has 116 valence electrons. The number of amides is 1. The molecule has 0 unspecified atom stereocenters. The third kappa shape index (κ3) is 3.77. The number of methoxy groups -OCH3 is 2. The molecule has 0 bridgehead atoms. The molecule has 5 nitrogen and oxygen atoms in total. The van der Waals surface area contributed by atoms with Crippen LogP contribution in [0.25, 0.3) is 0 Å². The van der Waals surface area contributed by atoms with Crippen molar-refractivity contribution >= 4 is 5.91 Å². The van der Waals surface area contributed by atoms with E-state index in [1.165, 1.54) is 0 Å². The number of nitrogens with one attached hydrogen (secondary N) is 1. The summed E-state index contributed by atoms with van der Waals surface area (Å²) in [5.74, 6) is 1.32. The van der Waals surface area contributed by atoms with Crippen molar-refractivity contribution in [3.63, 3.8) is 0 Å². The molecule has 2 aromatic rings. The molecule has 22 heavy (non-hydrogen) atoms. The molecule has 0 saturated heterocycles. The van der Waals surface area contributed by atoms with Gasteiger partial charge < -0.3 is 20.5 Å². The Bertz CT molecular complexity index is 561. The Hall–Kier alpha value is -2.53. The van der Waals surface area contributed by atoms with Crippen molar-refractivity contribution in [1.29, 1.82) is 0 Å². The summed E-state index contributed by atoms with van der Waals surface area (Å²) in [5.41, 5.74) is 7.32. The minimum Gasteiger partial charge on any atom is -0.497 e. The Morgan fingerprint density at radius 2 is 1.36 bits per heavy atom. The number of carbonyl (C=O) groups excluding carboxylic acids is 1. The van der Waals surface area contributed by atoms with E-state index in [4.69, 9.17) is 15.2 Å². The zero-order chi connectivity index (χ0) is 15.9. The highest BCUT2D eigenvalue weighted by atomic mass is 16.5. The molecule has 2 rings (SSSR count). The third-order valence-corrected chi connectivity index (χ3v) is 3.39. The van der Waals surface area contributed by atoms with Gasteiger partial charge in [0.1, 0.15) is 11.5 Å². The smallest absolute Gasteiger partial charge is 0.234 e. The van der Waals surface area contributed by atoms with Crippen molar-refractivity contribution in [1.82, 2.24) is 5.32 Å². The van der Waals surface area contributed by atoms with E-state index in [0.717, 1.165) is 22.6 Å². The number of nitrogens with two attached hydrogens (primary N) is 1. The SMILES string of the molecule is COc1ccc(C(NC(=O)CN)c2ccc(OC)cc2)cc1. The molecule has 0 aliphatic heterocycles. The lowest BCUT2D eigenvalue weighted by atomic mass is 9.98. The molecule has 3 N–H and O–H groups in total. The lowest BCUT2D eigenvalue weighted by molar-refractivity contribution is -0.120. The molecule has 0 aliphatic carbocycles. The second-order valence-corrected chi connectivity index (χ2v) is 4.75. The van der Waals surface area contributed by atoms with E-state index in [1.807, 2.05) is 48.5 Å². The van der Waals surface area contributed by atoms with Crippen LogP contribution in [-0.2, 0) is 4.79 Å². The first-order valence-electron chi connectivity index (χ1n) is 6.95. The van der Waals surface area contributed by atoms with Crippen LogP contribution in [0.4, 0.5) is 0 Å². The molecule has 0 atom stereocenters. The first-order chi connectivity index (χ1) is 10.7. The maximum atomic E-state index is 11.7. The van der Waals surface area contributed by atoms with Crippen LogP contribution in [0.3, 0.4) is 0 Å². The number of hydrogen-bond acceptors (Lipinski definition) is 4. The highest BCUT2D eigenvalue weighted by Crippen LogP contribution is 2.25. The van der Waals surface area contributed by atoms with Crippen molar-refractivity contribution in [3.05, 3.63) is 59.7 Å². The number of carbonyl (C=O) groups is 1. The molecule has 0 spiro atoms. The lowest BCUT2D eigenvalue weighted by Gasteiger charge is -2.20. The molecule has 0 aromatic heterocycles. The van der Waals surface area contributed by atoms with Gasteiger partial charge in [0, 0.05) is 0 Å². The van der Waals surface area contributed by atoms with Gasteiger partial charge in [0.05, 0.1) is 26.8 Å². The number of ether oxygens (including phenoxy) is 2. The predicted octanol–water partition coefficient (Wildman–Crippen LogP) is 1.87. The summed E-state index contributed by atoms with van der Waals surface area (Å²) >= 11 is 0. The summed E-state index contributed by atoms with van der Waals surface area (Å²) in [5, 5.41) is 2.93. The first-order valence-corrected chi connectivity index (χ1v) is 6.95. The fourth-order valence-corrected chi connectivity index (χ4v) is 2.17. The Kier molecular flexibility index (Phi) is 5.38. The minimum absolute atomic E-state index is 0.0528. The van der Waals surface area contributed by atoms with E-state index in [0.29, 0.717) is 0 Å². The Morgan fingerprint density at radius 1 is 0.955 bits per heavy atom. The van der Waals surface area contributed by atoms with Crippen molar-refractivity contribution in [2.45, 2.75) is 6.04 Å². The van der Waals surface area contributed by atoms with Crippen LogP contribution < -0.4 is 20.5 Å². The van der Waals surface area contributed by atoms with Crippen LogP contribution in [0.5, 0.6) is 11.5 Å². The molecule has 0 fully saturated rings. The molecule has 0 radical (unpaired) electrons. The predicted molar refractivity (Wildman–Crippen MR) is 85.0 cm³/mol. The van der Waals surface area contributed by atoms with Gasteiger partial charge in [0.2, 0.25) is 5.91 Å². The molecule has 1 amide bonds. The first kappa shape index (κ1) is 15.9.